The Labute approximate surface area is 193 Å². The van der Waals surface area contributed by atoms with Crippen LogP contribution in [0.4, 0.5) is 0 Å². The van der Waals surface area contributed by atoms with E-state index in [2.05, 4.69) is 15.0 Å². The molecule has 0 unspecified atom stereocenters. The molecule has 0 saturated carbocycles. The Morgan fingerprint density at radius 3 is 1.91 bits per heavy atom. The third-order valence-electron chi connectivity index (χ3n) is 4.76. The summed E-state index contributed by atoms with van der Waals surface area (Å²) in [6.07, 6.45) is 3.80. The first-order chi connectivity index (χ1) is 16.0. The molecule has 0 aliphatic heterocycles. The lowest BCUT2D eigenvalue weighted by atomic mass is 10.2. The van der Waals surface area contributed by atoms with E-state index in [1.807, 2.05) is 43.3 Å². The van der Waals surface area contributed by atoms with E-state index in [0.717, 1.165) is 5.56 Å². The van der Waals surface area contributed by atoms with E-state index in [4.69, 9.17) is 8.92 Å². The molecule has 168 valence electrons. The van der Waals surface area contributed by atoms with Crippen LogP contribution < -0.4 is 4.74 Å². The summed E-state index contributed by atoms with van der Waals surface area (Å²) in [5, 5.41) is 0. The predicted molar refractivity (Wildman–Crippen MR) is 125 cm³/mol. The van der Waals surface area contributed by atoms with Crippen molar-refractivity contribution < 1.29 is 17.3 Å². The van der Waals surface area contributed by atoms with Gasteiger partial charge in [-0.15, -0.1) is 0 Å². The van der Waals surface area contributed by atoms with Crippen LogP contribution in [0.3, 0.4) is 0 Å². The molecule has 0 radical (unpaired) electrons. The van der Waals surface area contributed by atoms with E-state index in [1.165, 1.54) is 12.1 Å². The van der Waals surface area contributed by atoms with Crippen LogP contribution in [0.15, 0.2) is 90.1 Å². The first-order valence-electron chi connectivity index (χ1n) is 10.4. The van der Waals surface area contributed by atoms with Gasteiger partial charge in [0.2, 0.25) is 0 Å². The molecular weight excluding hydrogens is 438 g/mol. The molecule has 3 aromatic heterocycles. The van der Waals surface area contributed by atoms with Crippen LogP contribution in [-0.4, -0.2) is 36.6 Å². The number of nitrogens with zero attached hydrogens (tertiary/aromatic N) is 3. The van der Waals surface area contributed by atoms with Crippen LogP contribution in [0.1, 0.15) is 12.0 Å². The Balaban J connectivity index is 1.42. The molecular formula is C25H23N3O4S. The van der Waals surface area contributed by atoms with Gasteiger partial charge in [0.25, 0.3) is 10.1 Å². The van der Waals surface area contributed by atoms with E-state index in [9.17, 15) is 8.42 Å². The van der Waals surface area contributed by atoms with Gasteiger partial charge in [0.05, 0.1) is 40.9 Å². The molecule has 33 heavy (non-hydrogen) atoms. The summed E-state index contributed by atoms with van der Waals surface area (Å²) in [5.74, 6) is 0.590. The van der Waals surface area contributed by atoms with Gasteiger partial charge in [-0.05, 0) is 43.3 Å². The fraction of sp³-hybridized carbons (Fsp3) is 0.160. The Hall–Kier alpha value is -3.62. The van der Waals surface area contributed by atoms with Gasteiger partial charge in [0, 0.05) is 30.9 Å². The van der Waals surface area contributed by atoms with Crippen LogP contribution in [0.5, 0.6) is 5.75 Å². The number of hydrogen-bond donors (Lipinski definition) is 0. The van der Waals surface area contributed by atoms with Crippen molar-refractivity contribution in [2.24, 2.45) is 0 Å². The minimum Gasteiger partial charge on any atom is -0.493 e. The van der Waals surface area contributed by atoms with Crippen molar-refractivity contribution in [1.29, 1.82) is 0 Å². The monoisotopic (exact) mass is 461 g/mol. The molecule has 3 heterocycles. The quantitative estimate of drug-likeness (QED) is 0.264. The van der Waals surface area contributed by atoms with Gasteiger partial charge in [-0.25, -0.2) is 4.98 Å². The molecule has 0 atom stereocenters. The van der Waals surface area contributed by atoms with Crippen LogP contribution in [0.25, 0.3) is 22.8 Å². The summed E-state index contributed by atoms with van der Waals surface area (Å²) in [4.78, 5) is 13.6. The van der Waals surface area contributed by atoms with Gasteiger partial charge in [-0.1, -0.05) is 29.8 Å². The largest absolute Gasteiger partial charge is 0.493 e. The SMILES string of the molecule is Cc1ccc(S(=O)(=O)OCCCOc2cc(-c3ccccn3)nc(-c3ccccn3)c2)cc1. The standard InChI is InChI=1S/C25H23N3O4S/c1-19-9-11-21(12-10-19)33(29,30)32-16-6-15-31-20-17-24(22-7-2-4-13-26-22)28-25(18-20)23-8-3-5-14-27-23/h2-5,7-14,17-18H,6,15-16H2,1H3. The highest BCUT2D eigenvalue weighted by Crippen LogP contribution is 2.26. The Morgan fingerprint density at radius 2 is 1.36 bits per heavy atom. The topological polar surface area (TPSA) is 91.3 Å². The molecule has 0 saturated heterocycles. The highest BCUT2D eigenvalue weighted by Gasteiger charge is 2.15. The fourth-order valence-corrected chi connectivity index (χ4v) is 4.01. The Bertz CT molecular complexity index is 1240. The van der Waals surface area contributed by atoms with E-state index in [1.54, 1.807) is 36.7 Å². The van der Waals surface area contributed by atoms with E-state index >= 15 is 0 Å². The summed E-state index contributed by atoms with van der Waals surface area (Å²) in [5.41, 5.74) is 3.73. The van der Waals surface area contributed by atoms with Crippen LogP contribution in [0, 0.1) is 6.92 Å². The van der Waals surface area contributed by atoms with Gasteiger partial charge in [-0.2, -0.15) is 8.42 Å². The fourth-order valence-electron chi connectivity index (χ4n) is 3.07. The zero-order valence-corrected chi connectivity index (χ0v) is 18.9. The summed E-state index contributed by atoms with van der Waals surface area (Å²) in [6.45, 7) is 2.18. The van der Waals surface area contributed by atoms with Crippen LogP contribution in [0.2, 0.25) is 0 Å². The highest BCUT2D eigenvalue weighted by atomic mass is 32.2. The van der Waals surface area contributed by atoms with Crippen LogP contribution in [-0.2, 0) is 14.3 Å². The molecule has 1 aromatic carbocycles. The lowest BCUT2D eigenvalue weighted by Crippen LogP contribution is -2.10. The molecule has 7 nitrogen and oxygen atoms in total. The minimum atomic E-state index is -3.79. The summed E-state index contributed by atoms with van der Waals surface area (Å²) >= 11 is 0. The van der Waals surface area contributed by atoms with Crippen LogP contribution >= 0.6 is 0 Å². The number of ether oxygens (including phenoxy) is 1. The smallest absolute Gasteiger partial charge is 0.296 e. The van der Waals surface area contributed by atoms with Gasteiger partial charge in [0.15, 0.2) is 0 Å². The zero-order chi connectivity index (χ0) is 23.1. The third kappa shape index (κ3) is 6.00. The molecule has 0 bridgehead atoms. The average Bonchev–Trinajstić information content (AvgIpc) is 2.85. The van der Waals surface area contributed by atoms with E-state index in [0.29, 0.717) is 34.9 Å². The van der Waals surface area contributed by atoms with Crippen molar-refractivity contribution in [1.82, 2.24) is 15.0 Å². The molecule has 4 rings (SSSR count). The molecule has 0 aliphatic rings. The second-order valence-corrected chi connectivity index (χ2v) is 8.91. The van der Waals surface area contributed by atoms with Crippen molar-refractivity contribution >= 4 is 10.1 Å². The second-order valence-electron chi connectivity index (χ2n) is 7.29. The maximum absolute atomic E-state index is 12.3. The lowest BCUT2D eigenvalue weighted by molar-refractivity contribution is 0.250. The zero-order valence-electron chi connectivity index (χ0n) is 18.1. The number of hydrogen-bond acceptors (Lipinski definition) is 7. The maximum atomic E-state index is 12.3. The molecule has 4 aromatic rings. The molecule has 8 heteroatoms. The normalized spacial score (nSPS) is 11.3. The predicted octanol–water partition coefficient (Wildman–Crippen LogP) is 4.69. The Kier molecular flexibility index (Phi) is 7.07. The van der Waals surface area contributed by atoms with E-state index < -0.39 is 10.1 Å². The maximum Gasteiger partial charge on any atom is 0.296 e. The first kappa shape index (κ1) is 22.6. The summed E-state index contributed by atoms with van der Waals surface area (Å²) < 4.78 is 35.6. The van der Waals surface area contributed by atoms with Gasteiger partial charge in [0.1, 0.15) is 5.75 Å². The molecule has 0 aliphatic carbocycles. The van der Waals surface area contributed by atoms with Crippen molar-refractivity contribution in [2.45, 2.75) is 18.2 Å². The number of rotatable bonds is 9. The number of pyridine rings is 3. The minimum absolute atomic E-state index is 0.0154. The lowest BCUT2D eigenvalue weighted by Gasteiger charge is -2.11. The van der Waals surface area contributed by atoms with Crippen molar-refractivity contribution in [3.8, 4) is 28.5 Å². The highest BCUT2D eigenvalue weighted by molar-refractivity contribution is 7.86. The summed E-state index contributed by atoms with van der Waals surface area (Å²) in [7, 11) is -3.79. The third-order valence-corrected chi connectivity index (χ3v) is 6.09. The molecule has 0 fully saturated rings. The van der Waals surface area contributed by atoms with Crippen molar-refractivity contribution in [3.05, 3.63) is 90.8 Å². The summed E-state index contributed by atoms with van der Waals surface area (Å²) in [6, 6.07) is 21.4. The van der Waals surface area contributed by atoms with E-state index in [-0.39, 0.29) is 18.1 Å². The van der Waals surface area contributed by atoms with Crippen molar-refractivity contribution in [3.63, 3.8) is 0 Å². The van der Waals surface area contributed by atoms with Crippen molar-refractivity contribution in [2.75, 3.05) is 13.2 Å². The van der Waals surface area contributed by atoms with Gasteiger partial charge >= 0.3 is 0 Å². The van der Waals surface area contributed by atoms with Gasteiger partial charge in [-0.3, -0.25) is 14.2 Å². The van der Waals surface area contributed by atoms with Gasteiger partial charge < -0.3 is 4.74 Å². The Morgan fingerprint density at radius 1 is 0.758 bits per heavy atom. The molecule has 0 amide bonds. The average molecular weight is 462 g/mol. The number of aromatic nitrogens is 3. The second kappa shape index (κ2) is 10.3. The number of aryl methyl sites for hydroxylation is 1. The first-order valence-corrected chi connectivity index (χ1v) is 11.9. The molecule has 0 N–H and O–H groups in total. The number of benzene rings is 1. The molecule has 0 spiro atoms.